The summed E-state index contributed by atoms with van der Waals surface area (Å²) in [4.78, 5) is 9.84. The van der Waals surface area contributed by atoms with Gasteiger partial charge in [-0.25, -0.2) is 9.97 Å². The second-order valence-corrected chi connectivity index (χ2v) is 8.19. The number of anilines is 1. The fourth-order valence-electron chi connectivity index (χ4n) is 2.97. The third-order valence-corrected chi connectivity index (χ3v) is 7.07. The number of hydrogen-bond donors (Lipinski definition) is 1. The molecule has 2 unspecified atom stereocenters. The molecule has 1 fully saturated rings. The monoisotopic (exact) mass is 309 g/mol. The molecule has 0 aromatic carbocycles. The van der Waals surface area contributed by atoms with Crippen molar-refractivity contribution in [3.8, 4) is 0 Å². The van der Waals surface area contributed by atoms with Crippen LogP contribution in [0.15, 0.2) is 0 Å². The molecule has 2 heterocycles. The molecule has 1 aliphatic carbocycles. The van der Waals surface area contributed by atoms with Gasteiger partial charge in [0.1, 0.15) is 11.6 Å². The zero-order chi connectivity index (χ0) is 13.9. The van der Waals surface area contributed by atoms with Crippen LogP contribution < -0.4 is 5.32 Å². The Bertz CT molecular complexity index is 478. The van der Waals surface area contributed by atoms with E-state index in [9.17, 15) is 0 Å². The lowest BCUT2D eigenvalue weighted by Crippen LogP contribution is -2.21. The molecule has 0 bridgehead atoms. The Morgan fingerprint density at radius 2 is 1.95 bits per heavy atom. The lowest BCUT2D eigenvalue weighted by atomic mass is 9.96. The van der Waals surface area contributed by atoms with Crippen LogP contribution in [0.2, 0.25) is 0 Å². The van der Waals surface area contributed by atoms with Crippen LogP contribution in [0.3, 0.4) is 0 Å². The average molecular weight is 310 g/mol. The molecule has 110 valence electrons. The molecule has 1 aliphatic heterocycles. The Hall–Kier alpha value is -0.420. The van der Waals surface area contributed by atoms with Crippen LogP contribution in [0.25, 0.3) is 0 Å². The molecule has 0 spiro atoms. The summed E-state index contributed by atoms with van der Waals surface area (Å²) in [6, 6.07) is 0. The summed E-state index contributed by atoms with van der Waals surface area (Å²) in [7, 11) is 0. The summed E-state index contributed by atoms with van der Waals surface area (Å²) >= 11 is 4.08. The Morgan fingerprint density at radius 3 is 2.75 bits per heavy atom. The van der Waals surface area contributed by atoms with Gasteiger partial charge >= 0.3 is 0 Å². The molecule has 3 rings (SSSR count). The summed E-state index contributed by atoms with van der Waals surface area (Å²) in [5, 5.41) is 4.54. The highest BCUT2D eigenvalue weighted by atomic mass is 32.2. The number of rotatable bonds is 3. The van der Waals surface area contributed by atoms with E-state index in [2.05, 4.69) is 30.9 Å². The molecule has 2 atom stereocenters. The summed E-state index contributed by atoms with van der Waals surface area (Å²) < 4.78 is 0. The Labute approximate surface area is 130 Å². The third-order valence-electron chi connectivity index (χ3n) is 3.99. The molecule has 0 amide bonds. The van der Waals surface area contributed by atoms with Crippen molar-refractivity contribution in [1.29, 1.82) is 0 Å². The van der Waals surface area contributed by atoms with Crippen molar-refractivity contribution in [3.05, 3.63) is 17.1 Å². The predicted molar refractivity (Wildman–Crippen MR) is 90.0 cm³/mol. The van der Waals surface area contributed by atoms with Crippen LogP contribution in [0.1, 0.15) is 49.0 Å². The maximum atomic E-state index is 4.94. The zero-order valence-corrected chi connectivity index (χ0v) is 13.9. The average Bonchev–Trinajstić information content (AvgIpc) is 2.48. The second-order valence-electron chi connectivity index (χ2n) is 5.46. The van der Waals surface area contributed by atoms with Gasteiger partial charge in [0.2, 0.25) is 0 Å². The SMILES string of the molecule is CCNc1nc(C2SCCSC2C)nc2c1CCCC2. The largest absolute Gasteiger partial charge is 0.370 e. The molecule has 1 aromatic rings. The molecular formula is C15H23N3S2. The molecule has 20 heavy (non-hydrogen) atoms. The molecule has 1 N–H and O–H groups in total. The van der Waals surface area contributed by atoms with E-state index >= 15 is 0 Å². The van der Waals surface area contributed by atoms with E-state index in [0.717, 1.165) is 31.0 Å². The van der Waals surface area contributed by atoms with Gasteiger partial charge in [-0.05, 0) is 32.6 Å². The van der Waals surface area contributed by atoms with Gasteiger partial charge in [0.25, 0.3) is 0 Å². The number of aryl methyl sites for hydroxylation is 1. The lowest BCUT2D eigenvalue weighted by molar-refractivity contribution is 0.652. The minimum atomic E-state index is 0.457. The Morgan fingerprint density at radius 1 is 1.15 bits per heavy atom. The molecule has 5 heteroatoms. The first-order valence-electron chi connectivity index (χ1n) is 7.66. The maximum Gasteiger partial charge on any atom is 0.145 e. The number of nitrogens with zero attached hydrogens (tertiary/aromatic N) is 2. The normalized spacial score (nSPS) is 26.1. The predicted octanol–water partition coefficient (Wildman–Crippen LogP) is 3.70. The van der Waals surface area contributed by atoms with E-state index < -0.39 is 0 Å². The van der Waals surface area contributed by atoms with Gasteiger partial charge in [-0.3, -0.25) is 0 Å². The summed E-state index contributed by atoms with van der Waals surface area (Å²) in [5.74, 6) is 4.64. The highest BCUT2D eigenvalue weighted by Crippen LogP contribution is 2.42. The molecule has 2 aliphatic rings. The first-order chi connectivity index (χ1) is 9.79. The zero-order valence-electron chi connectivity index (χ0n) is 12.3. The van der Waals surface area contributed by atoms with E-state index in [4.69, 9.17) is 9.97 Å². The van der Waals surface area contributed by atoms with Crippen molar-refractivity contribution >= 4 is 29.3 Å². The summed E-state index contributed by atoms with van der Waals surface area (Å²) in [6.07, 6.45) is 4.82. The van der Waals surface area contributed by atoms with Crippen LogP contribution in [-0.2, 0) is 12.8 Å². The van der Waals surface area contributed by atoms with Gasteiger partial charge in [0.15, 0.2) is 0 Å². The van der Waals surface area contributed by atoms with Crippen LogP contribution >= 0.6 is 23.5 Å². The van der Waals surface area contributed by atoms with Gasteiger partial charge in [0.05, 0.1) is 5.25 Å². The number of hydrogen-bond acceptors (Lipinski definition) is 5. The van der Waals surface area contributed by atoms with Crippen molar-refractivity contribution in [1.82, 2.24) is 9.97 Å². The smallest absolute Gasteiger partial charge is 0.145 e. The topological polar surface area (TPSA) is 37.8 Å². The van der Waals surface area contributed by atoms with Crippen LogP contribution in [0, 0.1) is 0 Å². The van der Waals surface area contributed by atoms with Gasteiger partial charge in [-0.15, -0.1) is 11.8 Å². The minimum absolute atomic E-state index is 0.457. The van der Waals surface area contributed by atoms with E-state index in [1.54, 1.807) is 0 Å². The van der Waals surface area contributed by atoms with Crippen molar-refractivity contribution in [2.75, 3.05) is 23.4 Å². The second kappa shape index (κ2) is 6.56. The Kier molecular flexibility index (Phi) is 4.76. The van der Waals surface area contributed by atoms with Gasteiger partial charge < -0.3 is 5.32 Å². The van der Waals surface area contributed by atoms with E-state index in [-0.39, 0.29) is 0 Å². The number of fused-ring (bicyclic) bond motifs is 1. The minimum Gasteiger partial charge on any atom is -0.370 e. The van der Waals surface area contributed by atoms with Crippen LogP contribution in [-0.4, -0.2) is 33.3 Å². The third kappa shape index (κ3) is 2.93. The van der Waals surface area contributed by atoms with E-state index in [1.807, 2.05) is 11.8 Å². The number of nitrogens with one attached hydrogen (secondary N) is 1. The fraction of sp³-hybridized carbons (Fsp3) is 0.733. The number of aromatic nitrogens is 2. The van der Waals surface area contributed by atoms with Crippen molar-refractivity contribution < 1.29 is 0 Å². The summed E-state index contributed by atoms with van der Waals surface area (Å²) in [5.41, 5.74) is 2.68. The first-order valence-corrected chi connectivity index (χ1v) is 9.76. The first kappa shape index (κ1) is 14.5. The molecule has 0 saturated carbocycles. The maximum absolute atomic E-state index is 4.94. The van der Waals surface area contributed by atoms with Crippen molar-refractivity contribution in [2.24, 2.45) is 0 Å². The van der Waals surface area contributed by atoms with Gasteiger partial charge in [-0.2, -0.15) is 11.8 Å². The standard InChI is InChI=1S/C15H23N3S2/c1-3-16-14-11-6-4-5-7-12(11)17-15(18-14)13-10(2)19-8-9-20-13/h10,13H,3-9H2,1-2H3,(H,16,17,18). The van der Waals surface area contributed by atoms with E-state index in [0.29, 0.717) is 10.5 Å². The quantitative estimate of drug-likeness (QED) is 0.921. The van der Waals surface area contributed by atoms with Crippen LogP contribution in [0.5, 0.6) is 0 Å². The lowest BCUT2D eigenvalue weighted by Gasteiger charge is -2.28. The molecule has 3 nitrogen and oxygen atoms in total. The highest BCUT2D eigenvalue weighted by molar-refractivity contribution is 8.06. The summed E-state index contributed by atoms with van der Waals surface area (Å²) in [6.45, 7) is 5.40. The van der Waals surface area contributed by atoms with Gasteiger partial charge in [-0.1, -0.05) is 6.92 Å². The van der Waals surface area contributed by atoms with Crippen molar-refractivity contribution in [2.45, 2.75) is 50.0 Å². The number of thioether (sulfide) groups is 2. The fourth-order valence-corrected chi connectivity index (χ4v) is 5.66. The molecular weight excluding hydrogens is 286 g/mol. The molecule has 1 saturated heterocycles. The van der Waals surface area contributed by atoms with Crippen molar-refractivity contribution in [3.63, 3.8) is 0 Å². The van der Waals surface area contributed by atoms with E-state index in [1.165, 1.54) is 35.6 Å². The molecule has 0 radical (unpaired) electrons. The van der Waals surface area contributed by atoms with Crippen LogP contribution in [0.4, 0.5) is 5.82 Å². The highest BCUT2D eigenvalue weighted by Gasteiger charge is 2.28. The van der Waals surface area contributed by atoms with Gasteiger partial charge in [0, 0.05) is 34.6 Å². The molecule has 1 aromatic heterocycles. The Balaban J connectivity index is 1.96.